The Kier molecular flexibility index (Phi) is 4.97. The minimum atomic E-state index is -0.326. The van der Waals surface area contributed by atoms with Crippen molar-refractivity contribution in [2.75, 3.05) is 17.7 Å². The Morgan fingerprint density at radius 2 is 2.09 bits per heavy atom. The van der Waals surface area contributed by atoms with Gasteiger partial charge in [-0.05, 0) is 37.1 Å². The van der Waals surface area contributed by atoms with Crippen molar-refractivity contribution in [3.63, 3.8) is 0 Å². The fourth-order valence-electron chi connectivity index (χ4n) is 3.82. The van der Waals surface area contributed by atoms with Gasteiger partial charge in [0.15, 0.2) is 0 Å². The van der Waals surface area contributed by atoms with E-state index in [0.29, 0.717) is 39.7 Å². The van der Waals surface area contributed by atoms with E-state index in [0.717, 1.165) is 12.8 Å². The average molecular weight is 445 g/mol. The molecule has 0 saturated heterocycles. The number of anilines is 3. The van der Waals surface area contributed by atoms with Crippen molar-refractivity contribution in [2.45, 2.75) is 18.9 Å². The molecule has 1 aliphatic carbocycles. The summed E-state index contributed by atoms with van der Waals surface area (Å²) in [4.78, 5) is 29.9. The van der Waals surface area contributed by atoms with Crippen LogP contribution in [-0.2, 0) is 11.8 Å². The number of imidazole rings is 1. The van der Waals surface area contributed by atoms with Gasteiger partial charge in [-0.25, -0.2) is 4.98 Å². The number of carbonyl (C=O) groups excluding carboxylic acids is 1. The highest BCUT2D eigenvalue weighted by Gasteiger charge is 2.28. The van der Waals surface area contributed by atoms with Crippen molar-refractivity contribution in [2.24, 2.45) is 7.05 Å². The Labute approximate surface area is 189 Å². The fraction of sp³-hybridized carbons (Fsp3) is 0.217. The molecule has 0 bridgehead atoms. The number of aromatic nitrogens is 5. The van der Waals surface area contributed by atoms with Crippen molar-refractivity contribution in [1.29, 1.82) is 0 Å². The second-order valence-corrected chi connectivity index (χ2v) is 7.89. The molecule has 0 spiro atoms. The molecule has 0 atom stereocenters. The summed E-state index contributed by atoms with van der Waals surface area (Å²) in [5, 5.41) is 10.3. The second kappa shape index (κ2) is 7.97. The molecule has 10 nitrogen and oxygen atoms in total. The number of hydrogen-bond donors (Lipinski definition) is 2. The molecule has 1 fully saturated rings. The van der Waals surface area contributed by atoms with Gasteiger partial charge in [-0.15, -0.1) is 5.10 Å². The van der Waals surface area contributed by atoms with Gasteiger partial charge in [-0.3, -0.25) is 18.8 Å². The highest BCUT2D eigenvalue weighted by atomic mass is 16.5. The van der Waals surface area contributed by atoms with Crippen molar-refractivity contribution in [3.05, 3.63) is 66.0 Å². The Morgan fingerprint density at radius 1 is 1.27 bits per heavy atom. The van der Waals surface area contributed by atoms with E-state index in [-0.39, 0.29) is 17.5 Å². The number of carbonyl (C=O) groups is 1. The van der Waals surface area contributed by atoms with Gasteiger partial charge in [0.2, 0.25) is 5.91 Å². The number of fused-ring (bicyclic) bond motifs is 1. The summed E-state index contributed by atoms with van der Waals surface area (Å²) in [6.07, 6.45) is 8.45. The zero-order chi connectivity index (χ0) is 23.1. The number of ether oxygens (including phenoxy) is 1. The van der Waals surface area contributed by atoms with Gasteiger partial charge < -0.3 is 19.9 Å². The van der Waals surface area contributed by atoms with Crippen LogP contribution < -0.4 is 20.9 Å². The molecule has 0 aliphatic heterocycles. The first-order valence-corrected chi connectivity index (χ1v) is 10.5. The molecule has 2 N–H and O–H groups in total. The van der Waals surface area contributed by atoms with Crippen molar-refractivity contribution in [1.82, 2.24) is 23.9 Å². The van der Waals surface area contributed by atoms with Gasteiger partial charge in [-0.1, -0.05) is 12.6 Å². The summed E-state index contributed by atoms with van der Waals surface area (Å²) >= 11 is 0. The van der Waals surface area contributed by atoms with Crippen LogP contribution in [0.4, 0.5) is 17.1 Å². The normalized spacial score (nSPS) is 13.2. The minimum Gasteiger partial charge on any atom is -0.478 e. The number of hydrogen-bond acceptors (Lipinski definition) is 6. The van der Waals surface area contributed by atoms with Crippen LogP contribution >= 0.6 is 0 Å². The Morgan fingerprint density at radius 3 is 2.82 bits per heavy atom. The predicted molar refractivity (Wildman–Crippen MR) is 125 cm³/mol. The van der Waals surface area contributed by atoms with Crippen LogP contribution in [0, 0.1) is 0 Å². The van der Waals surface area contributed by atoms with Crippen molar-refractivity contribution in [3.8, 4) is 11.6 Å². The molecule has 1 saturated carbocycles. The van der Waals surface area contributed by atoms with Crippen LogP contribution in [0.25, 0.3) is 16.7 Å². The molecule has 1 aromatic carbocycles. The first-order chi connectivity index (χ1) is 16.0. The van der Waals surface area contributed by atoms with Crippen molar-refractivity contribution < 1.29 is 9.53 Å². The zero-order valence-corrected chi connectivity index (χ0v) is 18.3. The van der Waals surface area contributed by atoms with Crippen LogP contribution in [0.15, 0.2) is 60.4 Å². The van der Waals surface area contributed by atoms with Gasteiger partial charge in [0.25, 0.3) is 11.4 Å². The third-order valence-corrected chi connectivity index (χ3v) is 5.50. The van der Waals surface area contributed by atoms with Gasteiger partial charge in [0.1, 0.15) is 16.7 Å². The number of rotatable bonds is 7. The second-order valence-electron chi connectivity index (χ2n) is 7.89. The summed E-state index contributed by atoms with van der Waals surface area (Å²) in [5.74, 6) is 0.104. The lowest BCUT2D eigenvalue weighted by molar-refractivity contribution is -0.111. The first-order valence-electron chi connectivity index (χ1n) is 10.5. The van der Waals surface area contributed by atoms with Crippen LogP contribution in [-0.4, -0.2) is 36.9 Å². The number of methoxy groups -OCH3 is 1. The summed E-state index contributed by atoms with van der Waals surface area (Å²) in [5.41, 5.74) is 3.36. The summed E-state index contributed by atoms with van der Waals surface area (Å²) < 4.78 is 10.5. The Hall–Kier alpha value is -4.34. The summed E-state index contributed by atoms with van der Waals surface area (Å²) in [6.45, 7) is 3.48. The van der Waals surface area contributed by atoms with E-state index in [1.807, 2.05) is 10.6 Å². The predicted octanol–water partition coefficient (Wildman–Crippen LogP) is 3.13. The van der Waals surface area contributed by atoms with Crippen LogP contribution in [0.5, 0.6) is 5.88 Å². The van der Waals surface area contributed by atoms with Gasteiger partial charge in [0, 0.05) is 25.0 Å². The van der Waals surface area contributed by atoms with E-state index >= 15 is 0 Å². The molecule has 33 heavy (non-hydrogen) atoms. The molecular formula is C23H23N7O3. The van der Waals surface area contributed by atoms with Gasteiger partial charge in [-0.2, -0.15) is 0 Å². The number of amides is 1. The van der Waals surface area contributed by atoms with Gasteiger partial charge >= 0.3 is 0 Å². The van der Waals surface area contributed by atoms with E-state index in [1.54, 1.807) is 60.3 Å². The van der Waals surface area contributed by atoms with E-state index in [1.165, 1.54) is 6.08 Å². The smallest absolute Gasteiger partial charge is 0.281 e. The fourth-order valence-corrected chi connectivity index (χ4v) is 3.82. The molecular weight excluding hydrogens is 422 g/mol. The highest BCUT2D eigenvalue weighted by Crippen LogP contribution is 2.38. The lowest BCUT2D eigenvalue weighted by Crippen LogP contribution is -2.21. The molecule has 5 rings (SSSR count). The molecule has 3 aromatic heterocycles. The van der Waals surface area contributed by atoms with Crippen LogP contribution in [0.2, 0.25) is 0 Å². The van der Waals surface area contributed by atoms with Crippen LogP contribution in [0.3, 0.4) is 0 Å². The third kappa shape index (κ3) is 3.75. The monoisotopic (exact) mass is 445 g/mol. The quantitative estimate of drug-likeness (QED) is 0.423. The molecule has 168 valence electrons. The summed E-state index contributed by atoms with van der Waals surface area (Å²) in [7, 11) is 3.35. The number of pyridine rings is 1. The van der Waals surface area contributed by atoms with E-state index < -0.39 is 0 Å². The first kappa shape index (κ1) is 20.6. The van der Waals surface area contributed by atoms with Crippen molar-refractivity contribution >= 4 is 34.0 Å². The maximum Gasteiger partial charge on any atom is 0.281 e. The molecule has 3 heterocycles. The molecule has 0 unspecified atom stereocenters. The third-order valence-electron chi connectivity index (χ3n) is 5.50. The zero-order valence-electron chi connectivity index (χ0n) is 18.3. The number of nitrogens with one attached hydrogen (secondary N) is 2. The molecule has 10 heteroatoms. The van der Waals surface area contributed by atoms with E-state index in [4.69, 9.17) is 4.74 Å². The topological polar surface area (TPSA) is 108 Å². The van der Waals surface area contributed by atoms with Gasteiger partial charge in [0.05, 0.1) is 31.0 Å². The molecule has 1 amide bonds. The lowest BCUT2D eigenvalue weighted by Gasteiger charge is -2.13. The molecule has 4 aromatic rings. The maximum atomic E-state index is 13.6. The molecule has 0 radical (unpaired) electrons. The molecule has 1 aliphatic rings. The number of benzene rings is 1. The van der Waals surface area contributed by atoms with Crippen LogP contribution in [0.1, 0.15) is 18.9 Å². The largest absolute Gasteiger partial charge is 0.478 e. The Bertz CT molecular complexity index is 1440. The average Bonchev–Trinajstić information content (AvgIpc) is 3.45. The number of nitrogens with zero attached hydrogens (tertiary/aromatic N) is 5. The number of aryl methyl sites for hydroxylation is 1. The SMILES string of the molecule is C=CC(=O)Nc1cccc(-n2cc(Nc3cn(C)nc3OC)c3ncn(C4CC4)c3c2=O)c1. The highest BCUT2D eigenvalue weighted by molar-refractivity contribution is 5.99. The standard InChI is InChI=1S/C23H23N7O3/c1-4-19(31)25-14-6-5-7-16(10-14)29-12-17(26-18-11-28(2)27-22(18)33-3)20-21(23(29)32)30(13-24-20)15-8-9-15/h4-7,10-13,15,26H,1,8-9H2,2-3H3,(H,25,31). The maximum absolute atomic E-state index is 13.6. The Balaban J connectivity index is 1.68. The lowest BCUT2D eigenvalue weighted by atomic mass is 10.2. The summed E-state index contributed by atoms with van der Waals surface area (Å²) in [6, 6.07) is 7.35. The minimum absolute atomic E-state index is 0.190. The van der Waals surface area contributed by atoms with E-state index in [2.05, 4.69) is 27.3 Å². The van der Waals surface area contributed by atoms with E-state index in [9.17, 15) is 9.59 Å².